The molecule has 0 radical (unpaired) electrons. The summed E-state index contributed by atoms with van der Waals surface area (Å²) in [4.78, 5) is 33.6. The van der Waals surface area contributed by atoms with Crippen LogP contribution in [0.2, 0.25) is 0 Å². The quantitative estimate of drug-likeness (QED) is 0.787. The molecule has 0 spiro atoms. The maximum absolute atomic E-state index is 13.0. The number of amides is 2. The van der Waals surface area contributed by atoms with Crippen molar-refractivity contribution in [3.8, 4) is 0 Å². The Kier molecular flexibility index (Phi) is 4.36. The van der Waals surface area contributed by atoms with E-state index < -0.39 is 0 Å². The molecule has 2 aliphatic rings. The van der Waals surface area contributed by atoms with Gasteiger partial charge in [-0.15, -0.1) is 11.8 Å². The van der Waals surface area contributed by atoms with Crippen molar-refractivity contribution in [3.63, 3.8) is 0 Å². The molecule has 0 bridgehead atoms. The summed E-state index contributed by atoms with van der Waals surface area (Å²) in [5, 5.41) is 4.17. The smallest absolute Gasteiger partial charge is 0.260 e. The van der Waals surface area contributed by atoms with E-state index in [0.717, 1.165) is 24.6 Å². The topological polar surface area (TPSA) is 70.8 Å². The summed E-state index contributed by atoms with van der Waals surface area (Å²) in [5.74, 6) is 3.02. The van der Waals surface area contributed by atoms with Crippen molar-refractivity contribution >= 4 is 41.0 Å². The molecule has 2 fully saturated rings. The molecule has 2 amide bonds. The number of carbonyl (C=O) groups excluding carboxylic acids is 2. The third-order valence-corrected chi connectivity index (χ3v) is 6.22. The minimum absolute atomic E-state index is 0.0677. The fourth-order valence-electron chi connectivity index (χ4n) is 2.97. The Morgan fingerprint density at radius 1 is 1.21 bits per heavy atom. The molecule has 2 saturated heterocycles. The van der Waals surface area contributed by atoms with Crippen LogP contribution in [0.1, 0.15) is 10.4 Å². The van der Waals surface area contributed by atoms with E-state index in [-0.39, 0.29) is 17.9 Å². The van der Waals surface area contributed by atoms with E-state index in [2.05, 4.69) is 10.1 Å². The largest absolute Gasteiger partial charge is 0.339 e. The second kappa shape index (κ2) is 6.64. The van der Waals surface area contributed by atoms with Crippen LogP contribution in [0.3, 0.4) is 0 Å². The molecule has 0 aromatic carbocycles. The Morgan fingerprint density at radius 2 is 2.04 bits per heavy atom. The van der Waals surface area contributed by atoms with Crippen molar-refractivity contribution in [1.29, 1.82) is 0 Å². The number of hydrogen-bond acceptors (Lipinski definition) is 6. The number of nitrogens with zero attached hydrogens (tertiary/aromatic N) is 5. The van der Waals surface area contributed by atoms with E-state index in [1.807, 2.05) is 16.7 Å². The van der Waals surface area contributed by atoms with Crippen molar-refractivity contribution in [2.75, 3.05) is 36.2 Å². The van der Waals surface area contributed by atoms with Crippen LogP contribution in [-0.2, 0) is 4.79 Å². The number of hydrogen-bond donors (Lipinski definition) is 0. The predicted octanol–water partition coefficient (Wildman–Crippen LogP) is 0.820. The van der Waals surface area contributed by atoms with Crippen LogP contribution in [0.5, 0.6) is 0 Å². The highest BCUT2D eigenvalue weighted by Crippen LogP contribution is 2.26. The first-order valence-corrected chi connectivity index (χ1v) is 10.1. The van der Waals surface area contributed by atoms with Gasteiger partial charge < -0.3 is 9.80 Å². The molecule has 24 heavy (non-hydrogen) atoms. The molecule has 4 rings (SSSR count). The number of rotatable bonds is 2. The Bertz CT molecular complexity index is 774. The maximum atomic E-state index is 13.0. The van der Waals surface area contributed by atoms with Gasteiger partial charge in [0.15, 0.2) is 5.65 Å². The minimum atomic E-state index is -0.385. The van der Waals surface area contributed by atoms with E-state index in [1.165, 1.54) is 6.20 Å². The number of aromatic nitrogens is 3. The summed E-state index contributed by atoms with van der Waals surface area (Å²) in [7, 11) is 0. The molecule has 126 valence electrons. The zero-order chi connectivity index (χ0) is 16.5. The highest BCUT2D eigenvalue weighted by Gasteiger charge is 2.38. The van der Waals surface area contributed by atoms with Crippen molar-refractivity contribution in [3.05, 3.63) is 30.2 Å². The predicted molar refractivity (Wildman–Crippen MR) is 94.2 cm³/mol. The van der Waals surface area contributed by atoms with Gasteiger partial charge in [-0.2, -0.15) is 16.9 Å². The third kappa shape index (κ3) is 2.75. The lowest BCUT2D eigenvalue weighted by Crippen LogP contribution is -2.51. The summed E-state index contributed by atoms with van der Waals surface area (Å²) in [6, 6.07) is 1.38. The van der Waals surface area contributed by atoms with E-state index >= 15 is 0 Å². The van der Waals surface area contributed by atoms with Crippen LogP contribution >= 0.6 is 23.5 Å². The van der Waals surface area contributed by atoms with Crippen molar-refractivity contribution in [2.24, 2.45) is 0 Å². The Hall–Kier alpha value is -1.74. The van der Waals surface area contributed by atoms with E-state index in [9.17, 15) is 9.59 Å². The first kappa shape index (κ1) is 15.8. The molecule has 2 aromatic heterocycles. The molecule has 1 unspecified atom stereocenters. The molecular formula is C15H17N5O2S2. The lowest BCUT2D eigenvalue weighted by atomic mass is 10.2. The van der Waals surface area contributed by atoms with Crippen LogP contribution in [0.15, 0.2) is 24.7 Å². The third-order valence-electron chi connectivity index (χ3n) is 4.26. The Labute approximate surface area is 147 Å². The summed E-state index contributed by atoms with van der Waals surface area (Å²) < 4.78 is 1.58. The van der Waals surface area contributed by atoms with Gasteiger partial charge in [0.1, 0.15) is 11.6 Å². The SMILES string of the molecule is O=C(C1CSCN1C(=O)c1cnn2cccnc12)N1CCSCC1. The molecule has 1 atom stereocenters. The number of thioether (sulfide) groups is 2. The summed E-state index contributed by atoms with van der Waals surface area (Å²) >= 11 is 3.48. The molecular weight excluding hydrogens is 346 g/mol. The summed E-state index contributed by atoms with van der Waals surface area (Å²) in [6.45, 7) is 1.54. The molecule has 0 aliphatic carbocycles. The van der Waals surface area contributed by atoms with Crippen molar-refractivity contribution in [2.45, 2.75) is 6.04 Å². The Balaban J connectivity index is 1.58. The highest BCUT2D eigenvalue weighted by molar-refractivity contribution is 7.99. The number of fused-ring (bicyclic) bond motifs is 1. The summed E-state index contributed by atoms with van der Waals surface area (Å²) in [5.41, 5.74) is 0.977. The fraction of sp³-hybridized carbons (Fsp3) is 0.467. The normalized spacial score (nSPS) is 21.4. The zero-order valence-electron chi connectivity index (χ0n) is 13.0. The standard InChI is InChI=1S/C15H17N5O2S2/c21-14(11-8-17-20-3-1-2-16-13(11)20)19-10-24-9-12(19)15(22)18-4-6-23-7-5-18/h1-3,8,12H,4-7,9-10H2. The fourth-order valence-corrected chi connectivity index (χ4v) is 5.02. The van der Waals surface area contributed by atoms with Crippen LogP contribution in [0, 0.1) is 0 Å². The number of carbonyl (C=O) groups is 2. The summed E-state index contributed by atoms with van der Waals surface area (Å²) in [6.07, 6.45) is 4.93. The lowest BCUT2D eigenvalue weighted by molar-refractivity contribution is -0.134. The average Bonchev–Trinajstić information content (AvgIpc) is 3.28. The van der Waals surface area contributed by atoms with Gasteiger partial charge in [0.25, 0.3) is 5.91 Å². The lowest BCUT2D eigenvalue weighted by Gasteiger charge is -2.31. The van der Waals surface area contributed by atoms with E-state index in [1.54, 1.807) is 39.6 Å². The van der Waals surface area contributed by atoms with Gasteiger partial charge in [-0.05, 0) is 6.07 Å². The minimum Gasteiger partial charge on any atom is -0.339 e. The highest BCUT2D eigenvalue weighted by atomic mass is 32.2. The molecule has 9 heteroatoms. The monoisotopic (exact) mass is 363 g/mol. The van der Waals surface area contributed by atoms with E-state index in [4.69, 9.17) is 0 Å². The van der Waals surface area contributed by atoms with Gasteiger partial charge in [0.2, 0.25) is 5.91 Å². The zero-order valence-corrected chi connectivity index (χ0v) is 14.6. The average molecular weight is 363 g/mol. The first-order chi connectivity index (χ1) is 11.8. The van der Waals surface area contributed by atoms with Gasteiger partial charge in [-0.1, -0.05) is 0 Å². The molecule has 0 N–H and O–H groups in total. The van der Waals surface area contributed by atoms with E-state index in [0.29, 0.717) is 22.8 Å². The van der Waals surface area contributed by atoms with Crippen LogP contribution in [0.25, 0.3) is 5.65 Å². The van der Waals surface area contributed by atoms with Crippen LogP contribution in [-0.4, -0.2) is 78.5 Å². The second-order valence-corrected chi connectivity index (χ2v) is 7.90. The van der Waals surface area contributed by atoms with Crippen LogP contribution < -0.4 is 0 Å². The Morgan fingerprint density at radius 3 is 2.88 bits per heavy atom. The maximum Gasteiger partial charge on any atom is 0.260 e. The van der Waals surface area contributed by atoms with Gasteiger partial charge >= 0.3 is 0 Å². The van der Waals surface area contributed by atoms with Gasteiger partial charge in [-0.25, -0.2) is 9.50 Å². The molecule has 0 saturated carbocycles. The molecule has 2 aliphatic heterocycles. The van der Waals surface area contributed by atoms with Gasteiger partial charge in [0, 0.05) is 42.7 Å². The molecule has 4 heterocycles. The van der Waals surface area contributed by atoms with Crippen molar-refractivity contribution < 1.29 is 9.59 Å². The first-order valence-electron chi connectivity index (χ1n) is 7.79. The molecule has 2 aromatic rings. The van der Waals surface area contributed by atoms with Crippen LogP contribution in [0.4, 0.5) is 0 Å². The second-order valence-electron chi connectivity index (χ2n) is 5.67. The van der Waals surface area contributed by atoms with Crippen molar-refractivity contribution in [1.82, 2.24) is 24.4 Å². The van der Waals surface area contributed by atoms with Gasteiger partial charge in [-0.3, -0.25) is 9.59 Å². The molecule has 7 nitrogen and oxygen atoms in total. The van der Waals surface area contributed by atoms with Gasteiger partial charge in [0.05, 0.1) is 12.1 Å².